The molecule has 1 aromatic rings. The van der Waals surface area contributed by atoms with Gasteiger partial charge in [-0.25, -0.2) is 0 Å². The molecule has 0 spiro atoms. The van der Waals surface area contributed by atoms with Crippen molar-refractivity contribution in [2.45, 2.75) is 13.8 Å². The van der Waals surface area contributed by atoms with Gasteiger partial charge in [0.05, 0.1) is 11.4 Å². The molecule has 8 heteroatoms. The normalized spacial score (nSPS) is 11.9. The molecule has 0 heterocycles. The molecule has 20 heavy (non-hydrogen) atoms. The lowest BCUT2D eigenvalue weighted by Gasteiger charge is -2.05. The van der Waals surface area contributed by atoms with Crippen molar-refractivity contribution in [2.75, 3.05) is 0 Å². The first-order valence-electron chi connectivity index (χ1n) is 5.70. The minimum Gasteiger partial charge on any atom is -0.375 e. The minimum atomic E-state index is 0.132. The fraction of sp³-hybridized carbons (Fsp3) is 0.167. The zero-order valence-corrected chi connectivity index (χ0v) is 12.8. The van der Waals surface area contributed by atoms with Crippen molar-refractivity contribution in [3.05, 3.63) is 35.4 Å². The summed E-state index contributed by atoms with van der Waals surface area (Å²) in [5.41, 5.74) is 19.2. The molecule has 6 nitrogen and oxygen atoms in total. The van der Waals surface area contributed by atoms with Gasteiger partial charge < -0.3 is 11.5 Å². The molecule has 0 fully saturated rings. The van der Waals surface area contributed by atoms with Gasteiger partial charge in [-0.2, -0.15) is 10.2 Å². The van der Waals surface area contributed by atoms with Gasteiger partial charge in [0.1, 0.15) is 0 Å². The molecule has 1 aromatic carbocycles. The van der Waals surface area contributed by atoms with E-state index in [0.717, 1.165) is 22.6 Å². The van der Waals surface area contributed by atoms with Crippen LogP contribution in [0, 0.1) is 0 Å². The van der Waals surface area contributed by atoms with Gasteiger partial charge in [-0.1, -0.05) is 24.3 Å². The Morgan fingerprint density at radius 2 is 1.15 bits per heavy atom. The monoisotopic (exact) mass is 308 g/mol. The van der Waals surface area contributed by atoms with Crippen LogP contribution in [0.2, 0.25) is 0 Å². The van der Waals surface area contributed by atoms with Crippen LogP contribution < -0.4 is 22.3 Å². The molecule has 1 rings (SSSR count). The molecule has 0 aliphatic heterocycles. The van der Waals surface area contributed by atoms with Crippen molar-refractivity contribution in [3.63, 3.8) is 0 Å². The SMILES string of the molecule is C/C(=N\NC(N)=S)c1ccc(/C(C)=N/NC(N)=S)cc1. The Balaban J connectivity index is 2.83. The van der Waals surface area contributed by atoms with Gasteiger partial charge in [0, 0.05) is 0 Å². The van der Waals surface area contributed by atoms with Crippen molar-refractivity contribution >= 4 is 46.1 Å². The Labute approximate surface area is 128 Å². The predicted octanol–water partition coefficient (Wildman–Crippen LogP) is 0.801. The van der Waals surface area contributed by atoms with E-state index in [1.54, 1.807) is 0 Å². The number of benzene rings is 1. The molecule has 0 aliphatic carbocycles. The van der Waals surface area contributed by atoms with Crippen LogP contribution in [-0.4, -0.2) is 21.6 Å². The highest BCUT2D eigenvalue weighted by Crippen LogP contribution is 2.07. The second-order valence-corrected chi connectivity index (χ2v) is 4.80. The number of hydrogen-bond donors (Lipinski definition) is 4. The number of rotatable bonds is 4. The second-order valence-electron chi connectivity index (χ2n) is 3.92. The van der Waals surface area contributed by atoms with E-state index in [4.69, 9.17) is 11.5 Å². The molecule has 0 radical (unpaired) electrons. The quantitative estimate of drug-likeness (QED) is 0.373. The van der Waals surface area contributed by atoms with Crippen molar-refractivity contribution < 1.29 is 0 Å². The van der Waals surface area contributed by atoms with Gasteiger partial charge in [-0.3, -0.25) is 10.9 Å². The van der Waals surface area contributed by atoms with Gasteiger partial charge in [0.25, 0.3) is 0 Å². The highest BCUT2D eigenvalue weighted by atomic mass is 32.1. The zero-order chi connectivity index (χ0) is 15.1. The van der Waals surface area contributed by atoms with Crippen LogP contribution in [-0.2, 0) is 0 Å². The van der Waals surface area contributed by atoms with Crippen LogP contribution >= 0.6 is 24.4 Å². The number of nitrogens with two attached hydrogens (primary N) is 2. The molecule has 0 atom stereocenters. The van der Waals surface area contributed by atoms with E-state index < -0.39 is 0 Å². The number of thiocarbonyl (C=S) groups is 2. The second kappa shape index (κ2) is 7.51. The first kappa shape index (κ1) is 16.0. The Kier molecular flexibility index (Phi) is 6.01. The van der Waals surface area contributed by atoms with E-state index in [0.29, 0.717) is 0 Å². The minimum absolute atomic E-state index is 0.132. The summed E-state index contributed by atoms with van der Waals surface area (Å²) in [6.45, 7) is 3.71. The lowest BCUT2D eigenvalue weighted by atomic mass is 10.1. The number of hydrogen-bond acceptors (Lipinski definition) is 4. The van der Waals surface area contributed by atoms with Gasteiger partial charge in [0.2, 0.25) is 0 Å². The van der Waals surface area contributed by atoms with Gasteiger partial charge in [-0.05, 0) is 49.4 Å². The fourth-order valence-electron chi connectivity index (χ4n) is 1.36. The van der Waals surface area contributed by atoms with Gasteiger partial charge >= 0.3 is 0 Å². The van der Waals surface area contributed by atoms with E-state index >= 15 is 0 Å². The molecule has 0 unspecified atom stereocenters. The van der Waals surface area contributed by atoms with Crippen molar-refractivity contribution in [3.8, 4) is 0 Å². The van der Waals surface area contributed by atoms with Crippen LogP contribution in [0.5, 0.6) is 0 Å². The van der Waals surface area contributed by atoms with Crippen LogP contribution in [0.4, 0.5) is 0 Å². The molecule has 0 aromatic heterocycles. The molecular formula is C12H16N6S2. The summed E-state index contributed by atoms with van der Waals surface area (Å²) >= 11 is 9.37. The summed E-state index contributed by atoms with van der Waals surface area (Å²) in [6.07, 6.45) is 0. The van der Waals surface area contributed by atoms with E-state index in [-0.39, 0.29) is 10.2 Å². The summed E-state index contributed by atoms with van der Waals surface area (Å²) in [5, 5.41) is 8.37. The molecule has 6 N–H and O–H groups in total. The molecule has 0 aliphatic rings. The highest BCUT2D eigenvalue weighted by Gasteiger charge is 2.01. The van der Waals surface area contributed by atoms with Gasteiger partial charge in [0.15, 0.2) is 10.2 Å². The largest absolute Gasteiger partial charge is 0.375 e. The van der Waals surface area contributed by atoms with Crippen LogP contribution in [0.15, 0.2) is 34.5 Å². The molecule has 0 saturated heterocycles. The summed E-state index contributed by atoms with van der Waals surface area (Å²) in [7, 11) is 0. The molecule has 106 valence electrons. The smallest absolute Gasteiger partial charge is 0.184 e. The molecular weight excluding hydrogens is 292 g/mol. The third kappa shape index (κ3) is 5.29. The van der Waals surface area contributed by atoms with E-state index in [1.165, 1.54) is 0 Å². The molecule has 0 saturated carbocycles. The van der Waals surface area contributed by atoms with E-state index in [2.05, 4.69) is 45.5 Å². The fourth-order valence-corrected chi connectivity index (χ4v) is 1.45. The standard InChI is InChI=1S/C12H16N6S2/c1-7(15-17-11(13)19)9-3-5-10(6-4-9)8(2)16-18-12(14)20/h3-6H,1-2H3,(H3,13,17,19)(H3,14,18,20)/b15-7+,16-8+. The third-order valence-corrected chi connectivity index (χ3v) is 2.57. The first-order valence-corrected chi connectivity index (χ1v) is 6.52. The molecule has 0 bridgehead atoms. The first-order chi connectivity index (χ1) is 9.40. The van der Waals surface area contributed by atoms with Crippen molar-refractivity contribution in [2.24, 2.45) is 21.7 Å². The topological polar surface area (TPSA) is 101 Å². The average molecular weight is 308 g/mol. The number of nitrogens with one attached hydrogen (secondary N) is 2. The zero-order valence-electron chi connectivity index (χ0n) is 11.2. The lowest BCUT2D eigenvalue weighted by Crippen LogP contribution is -2.25. The Hall–Kier alpha value is -2.06. The van der Waals surface area contributed by atoms with Crippen LogP contribution in [0.3, 0.4) is 0 Å². The third-order valence-electron chi connectivity index (χ3n) is 2.39. The Morgan fingerprint density at radius 3 is 1.40 bits per heavy atom. The summed E-state index contributed by atoms with van der Waals surface area (Å²) in [6, 6.07) is 7.70. The average Bonchev–Trinajstić information content (AvgIpc) is 2.42. The van der Waals surface area contributed by atoms with Crippen molar-refractivity contribution in [1.29, 1.82) is 0 Å². The van der Waals surface area contributed by atoms with E-state index in [1.807, 2.05) is 38.1 Å². The maximum Gasteiger partial charge on any atom is 0.184 e. The summed E-state index contributed by atoms with van der Waals surface area (Å²) in [5.74, 6) is 0. The lowest BCUT2D eigenvalue weighted by molar-refractivity contribution is 1.03. The van der Waals surface area contributed by atoms with Crippen molar-refractivity contribution in [1.82, 2.24) is 10.9 Å². The Morgan fingerprint density at radius 1 is 0.850 bits per heavy atom. The summed E-state index contributed by atoms with van der Waals surface area (Å²) in [4.78, 5) is 0. The number of nitrogens with zero attached hydrogens (tertiary/aromatic N) is 2. The van der Waals surface area contributed by atoms with Crippen LogP contribution in [0.25, 0.3) is 0 Å². The van der Waals surface area contributed by atoms with Gasteiger partial charge in [-0.15, -0.1) is 0 Å². The molecule has 0 amide bonds. The maximum absolute atomic E-state index is 5.31. The number of hydrazone groups is 2. The van der Waals surface area contributed by atoms with E-state index in [9.17, 15) is 0 Å². The van der Waals surface area contributed by atoms with Crippen LogP contribution in [0.1, 0.15) is 25.0 Å². The summed E-state index contributed by atoms with van der Waals surface area (Å²) < 4.78 is 0. The predicted molar refractivity (Wildman–Crippen MR) is 90.7 cm³/mol. The Bertz CT molecular complexity index is 511. The highest BCUT2D eigenvalue weighted by molar-refractivity contribution is 7.80. The maximum atomic E-state index is 5.31.